The summed E-state index contributed by atoms with van der Waals surface area (Å²) in [7, 11) is 0. The van der Waals surface area contributed by atoms with Crippen LogP contribution in [-0.2, 0) is 9.47 Å². The second-order valence-electron chi connectivity index (χ2n) is 7.72. The molecule has 0 spiro atoms. The number of β-amino-alcohol motifs (C(OH)–C–C–N with tert-alkyl or cyclic N) is 1. The fourth-order valence-electron chi connectivity index (χ4n) is 2.88. The SMILES string of the molecule is CC(C)(C)OC(=O)N1CCN(C(N)=NCC(O)CN2CCOCC2)CC1. The number of morpholine rings is 1. The van der Waals surface area contributed by atoms with Gasteiger partial charge in [0.05, 0.1) is 25.9 Å². The van der Waals surface area contributed by atoms with Crippen LogP contribution >= 0.6 is 0 Å². The van der Waals surface area contributed by atoms with E-state index in [0.717, 1.165) is 13.1 Å². The Morgan fingerprint density at radius 1 is 1.15 bits per heavy atom. The summed E-state index contributed by atoms with van der Waals surface area (Å²) in [5, 5.41) is 10.1. The average molecular weight is 371 g/mol. The maximum atomic E-state index is 12.1. The van der Waals surface area contributed by atoms with E-state index < -0.39 is 11.7 Å². The van der Waals surface area contributed by atoms with Gasteiger partial charge in [-0.1, -0.05) is 0 Å². The largest absolute Gasteiger partial charge is 0.444 e. The molecule has 1 atom stereocenters. The molecule has 0 bridgehead atoms. The molecule has 0 saturated carbocycles. The van der Waals surface area contributed by atoms with E-state index in [1.807, 2.05) is 25.7 Å². The van der Waals surface area contributed by atoms with Crippen LogP contribution in [0.1, 0.15) is 20.8 Å². The number of carbonyl (C=O) groups is 1. The van der Waals surface area contributed by atoms with E-state index in [1.165, 1.54) is 0 Å². The Labute approximate surface area is 155 Å². The van der Waals surface area contributed by atoms with Gasteiger partial charge in [0.15, 0.2) is 5.96 Å². The molecule has 150 valence electrons. The molecule has 2 aliphatic rings. The smallest absolute Gasteiger partial charge is 0.410 e. The van der Waals surface area contributed by atoms with Gasteiger partial charge in [0.1, 0.15) is 5.60 Å². The van der Waals surface area contributed by atoms with Gasteiger partial charge in [-0.05, 0) is 20.8 Å². The first-order chi connectivity index (χ1) is 12.2. The zero-order valence-electron chi connectivity index (χ0n) is 16.2. The summed E-state index contributed by atoms with van der Waals surface area (Å²) >= 11 is 0. The number of hydrogen-bond acceptors (Lipinski definition) is 6. The van der Waals surface area contributed by atoms with Crippen molar-refractivity contribution in [3.63, 3.8) is 0 Å². The number of aliphatic hydroxyl groups excluding tert-OH is 1. The molecule has 2 saturated heterocycles. The minimum absolute atomic E-state index is 0.273. The number of nitrogens with zero attached hydrogens (tertiary/aromatic N) is 4. The molecule has 2 rings (SSSR count). The van der Waals surface area contributed by atoms with E-state index in [4.69, 9.17) is 15.2 Å². The zero-order chi connectivity index (χ0) is 19.2. The molecule has 2 fully saturated rings. The first-order valence-corrected chi connectivity index (χ1v) is 9.25. The highest BCUT2D eigenvalue weighted by molar-refractivity contribution is 5.78. The van der Waals surface area contributed by atoms with E-state index in [-0.39, 0.29) is 12.6 Å². The van der Waals surface area contributed by atoms with Crippen LogP contribution in [0.2, 0.25) is 0 Å². The molecular weight excluding hydrogens is 338 g/mol. The number of hydrogen-bond donors (Lipinski definition) is 2. The van der Waals surface area contributed by atoms with Crippen molar-refractivity contribution >= 4 is 12.1 Å². The lowest BCUT2D eigenvalue weighted by Crippen LogP contribution is -2.53. The molecule has 0 aromatic carbocycles. The summed E-state index contributed by atoms with van der Waals surface area (Å²) in [5.41, 5.74) is 5.55. The predicted octanol–water partition coefficient (Wildman–Crippen LogP) is -0.453. The normalized spacial score (nSPS) is 21.6. The molecule has 0 aromatic heterocycles. The van der Waals surface area contributed by atoms with Crippen molar-refractivity contribution in [3.05, 3.63) is 0 Å². The number of nitrogens with two attached hydrogens (primary N) is 1. The Bertz CT molecular complexity index is 480. The standard InChI is InChI=1S/C17H33N5O4/c1-17(2,3)26-16(24)22-6-4-21(5-7-22)15(18)19-12-14(23)13-20-8-10-25-11-9-20/h14,23H,4-13H2,1-3H3,(H2,18,19). The second-order valence-corrected chi connectivity index (χ2v) is 7.72. The van der Waals surface area contributed by atoms with Crippen molar-refractivity contribution < 1.29 is 19.4 Å². The number of amides is 1. The van der Waals surface area contributed by atoms with Crippen molar-refractivity contribution in [2.24, 2.45) is 10.7 Å². The molecule has 0 aliphatic carbocycles. The van der Waals surface area contributed by atoms with E-state index in [9.17, 15) is 9.90 Å². The van der Waals surface area contributed by atoms with Crippen molar-refractivity contribution in [3.8, 4) is 0 Å². The lowest BCUT2D eigenvalue weighted by atomic mass is 10.2. The molecule has 26 heavy (non-hydrogen) atoms. The van der Waals surface area contributed by atoms with Crippen molar-refractivity contribution in [2.75, 3.05) is 65.6 Å². The summed E-state index contributed by atoms with van der Waals surface area (Å²) in [6, 6.07) is 0. The van der Waals surface area contributed by atoms with Crippen LogP contribution in [0.5, 0.6) is 0 Å². The summed E-state index contributed by atoms with van der Waals surface area (Å²) in [6.45, 7) is 11.8. The van der Waals surface area contributed by atoms with E-state index in [2.05, 4.69) is 9.89 Å². The molecule has 0 aromatic rings. The molecule has 2 heterocycles. The minimum Gasteiger partial charge on any atom is -0.444 e. The fourth-order valence-corrected chi connectivity index (χ4v) is 2.88. The predicted molar refractivity (Wildman–Crippen MR) is 99.1 cm³/mol. The van der Waals surface area contributed by atoms with Crippen molar-refractivity contribution in [2.45, 2.75) is 32.5 Å². The van der Waals surface area contributed by atoms with Gasteiger partial charge in [0, 0.05) is 45.8 Å². The lowest BCUT2D eigenvalue weighted by molar-refractivity contribution is 0.0164. The monoisotopic (exact) mass is 371 g/mol. The number of aliphatic imine (C=N–C) groups is 1. The number of carbonyl (C=O) groups excluding carboxylic acids is 1. The van der Waals surface area contributed by atoms with Crippen LogP contribution in [0.3, 0.4) is 0 Å². The molecule has 1 unspecified atom stereocenters. The Morgan fingerprint density at radius 2 is 1.73 bits per heavy atom. The maximum Gasteiger partial charge on any atom is 0.410 e. The fraction of sp³-hybridized carbons (Fsp3) is 0.882. The summed E-state index contributed by atoms with van der Waals surface area (Å²) in [6.07, 6.45) is -0.844. The van der Waals surface area contributed by atoms with Gasteiger partial charge in [-0.2, -0.15) is 0 Å². The van der Waals surface area contributed by atoms with Crippen LogP contribution in [0.25, 0.3) is 0 Å². The number of aliphatic hydroxyl groups is 1. The third kappa shape index (κ3) is 6.97. The third-order valence-corrected chi connectivity index (χ3v) is 4.29. The Balaban J connectivity index is 1.72. The number of ether oxygens (including phenoxy) is 2. The van der Waals surface area contributed by atoms with Crippen molar-refractivity contribution in [1.82, 2.24) is 14.7 Å². The maximum absolute atomic E-state index is 12.1. The van der Waals surface area contributed by atoms with Crippen LogP contribution in [0, 0.1) is 0 Å². The summed E-state index contributed by atoms with van der Waals surface area (Å²) in [4.78, 5) is 22.2. The Morgan fingerprint density at radius 3 is 2.31 bits per heavy atom. The highest BCUT2D eigenvalue weighted by Crippen LogP contribution is 2.11. The van der Waals surface area contributed by atoms with Gasteiger partial charge in [-0.15, -0.1) is 0 Å². The molecule has 1 amide bonds. The quantitative estimate of drug-likeness (QED) is 0.509. The highest BCUT2D eigenvalue weighted by Gasteiger charge is 2.26. The van der Waals surface area contributed by atoms with E-state index in [0.29, 0.717) is 51.9 Å². The average Bonchev–Trinajstić information content (AvgIpc) is 2.59. The summed E-state index contributed by atoms with van der Waals surface area (Å²) in [5.74, 6) is 0.412. The molecule has 0 radical (unpaired) electrons. The van der Waals surface area contributed by atoms with E-state index in [1.54, 1.807) is 4.90 Å². The van der Waals surface area contributed by atoms with Gasteiger partial charge >= 0.3 is 6.09 Å². The first-order valence-electron chi connectivity index (χ1n) is 9.25. The highest BCUT2D eigenvalue weighted by atomic mass is 16.6. The zero-order valence-corrected chi connectivity index (χ0v) is 16.2. The van der Waals surface area contributed by atoms with Gasteiger partial charge in [-0.3, -0.25) is 9.89 Å². The second kappa shape index (κ2) is 9.38. The molecule has 3 N–H and O–H groups in total. The Hall–Kier alpha value is -1.58. The molecule has 2 aliphatic heterocycles. The van der Waals surface area contributed by atoms with Gasteiger partial charge < -0.3 is 30.1 Å². The summed E-state index contributed by atoms with van der Waals surface area (Å²) < 4.78 is 10.7. The lowest BCUT2D eigenvalue weighted by Gasteiger charge is -2.36. The van der Waals surface area contributed by atoms with Crippen LogP contribution < -0.4 is 5.73 Å². The van der Waals surface area contributed by atoms with Gasteiger partial charge in [0.25, 0.3) is 0 Å². The van der Waals surface area contributed by atoms with Gasteiger partial charge in [-0.25, -0.2) is 4.79 Å². The Kier molecular flexibility index (Phi) is 7.48. The van der Waals surface area contributed by atoms with Crippen LogP contribution in [0.4, 0.5) is 4.79 Å². The number of rotatable bonds is 4. The molecule has 9 heteroatoms. The minimum atomic E-state index is -0.547. The number of guanidine groups is 1. The van der Waals surface area contributed by atoms with E-state index >= 15 is 0 Å². The van der Waals surface area contributed by atoms with Gasteiger partial charge in [0.2, 0.25) is 0 Å². The van der Waals surface area contributed by atoms with Crippen molar-refractivity contribution in [1.29, 1.82) is 0 Å². The van der Waals surface area contributed by atoms with Crippen LogP contribution in [0.15, 0.2) is 4.99 Å². The third-order valence-electron chi connectivity index (χ3n) is 4.29. The molecular formula is C17H33N5O4. The topological polar surface area (TPSA) is 104 Å². The van der Waals surface area contributed by atoms with Crippen LogP contribution in [-0.4, -0.2) is 109 Å². The molecule has 9 nitrogen and oxygen atoms in total. The first kappa shape index (κ1) is 20.7. The number of piperazine rings is 1.